The molecule has 1 aliphatic rings. The summed E-state index contributed by atoms with van der Waals surface area (Å²) in [5, 5.41) is 12.2. The Labute approximate surface area is 204 Å². The number of benzene rings is 2. The highest BCUT2D eigenvalue weighted by Crippen LogP contribution is 2.34. The van der Waals surface area contributed by atoms with Crippen LogP contribution in [0.4, 0.5) is 20.9 Å². The minimum absolute atomic E-state index is 0.0861. The lowest BCUT2D eigenvalue weighted by molar-refractivity contribution is -0.384. The zero-order valence-electron chi connectivity index (χ0n) is 18.8. The van der Waals surface area contributed by atoms with E-state index >= 15 is 0 Å². The molecule has 0 spiro atoms. The van der Waals surface area contributed by atoms with E-state index in [4.69, 9.17) is 0 Å². The average Bonchev–Trinajstić information content (AvgIpc) is 3.33. The molecule has 0 radical (unpaired) electrons. The summed E-state index contributed by atoms with van der Waals surface area (Å²) in [4.78, 5) is 37.3. The molecule has 35 heavy (non-hydrogen) atoms. The Morgan fingerprint density at radius 3 is 2.66 bits per heavy atom. The number of aromatic nitrogens is 2. The fraction of sp³-hybridized carbons (Fsp3) is 0.240. The van der Waals surface area contributed by atoms with E-state index in [1.165, 1.54) is 28.4 Å². The number of amides is 1. The minimum Gasteiger partial charge on any atom is -0.366 e. The zero-order valence-corrected chi connectivity index (χ0v) is 19.6. The molecule has 178 valence electrons. The van der Waals surface area contributed by atoms with Gasteiger partial charge in [0.2, 0.25) is 0 Å². The Morgan fingerprint density at radius 2 is 1.94 bits per heavy atom. The lowest BCUT2D eigenvalue weighted by Gasteiger charge is -2.28. The minimum atomic E-state index is -0.475. The molecule has 2 aromatic heterocycles. The molecule has 0 aliphatic carbocycles. The third-order valence-electron chi connectivity index (χ3n) is 6.00. The van der Waals surface area contributed by atoms with Crippen LogP contribution in [0.3, 0.4) is 0 Å². The smallest absolute Gasteiger partial charge is 0.293 e. The van der Waals surface area contributed by atoms with Crippen molar-refractivity contribution < 1.29 is 14.1 Å². The van der Waals surface area contributed by atoms with Crippen molar-refractivity contribution in [3.63, 3.8) is 0 Å². The van der Waals surface area contributed by atoms with Crippen LogP contribution >= 0.6 is 11.3 Å². The van der Waals surface area contributed by atoms with Crippen LogP contribution in [0, 0.1) is 15.9 Å². The summed E-state index contributed by atoms with van der Waals surface area (Å²) in [6.45, 7) is 1.58. The number of para-hydroxylation sites is 1. The van der Waals surface area contributed by atoms with Gasteiger partial charge in [0, 0.05) is 30.9 Å². The van der Waals surface area contributed by atoms with Crippen molar-refractivity contribution in [1.82, 2.24) is 9.97 Å². The van der Waals surface area contributed by atoms with Gasteiger partial charge >= 0.3 is 0 Å². The number of nitro groups is 1. The number of halogens is 1. The van der Waals surface area contributed by atoms with E-state index in [1.54, 1.807) is 48.7 Å². The average molecular weight is 492 g/mol. The number of pyridine rings is 1. The number of carbonyl (C=O) groups is 1. The molecule has 1 amide bonds. The van der Waals surface area contributed by atoms with Gasteiger partial charge in [-0.05, 0) is 55.7 Å². The topological polar surface area (TPSA) is 92.5 Å². The maximum Gasteiger partial charge on any atom is 0.293 e. The number of hydrogen-bond donors (Lipinski definition) is 0. The van der Waals surface area contributed by atoms with Crippen molar-refractivity contribution in [2.24, 2.45) is 0 Å². The van der Waals surface area contributed by atoms with E-state index in [0.29, 0.717) is 21.2 Å². The van der Waals surface area contributed by atoms with Crippen LogP contribution in [0.2, 0.25) is 0 Å². The number of nitro benzene ring substituents is 1. The van der Waals surface area contributed by atoms with Crippen LogP contribution < -0.4 is 9.80 Å². The summed E-state index contributed by atoms with van der Waals surface area (Å²) < 4.78 is 14.9. The van der Waals surface area contributed by atoms with Crippen molar-refractivity contribution in [2.45, 2.75) is 25.8 Å². The molecule has 10 heteroatoms. The number of piperidine rings is 1. The van der Waals surface area contributed by atoms with Gasteiger partial charge in [0.05, 0.1) is 21.9 Å². The largest absolute Gasteiger partial charge is 0.366 e. The molecular formula is C25H22FN5O3S. The maximum absolute atomic E-state index is 14.3. The normalized spacial score (nSPS) is 13.7. The van der Waals surface area contributed by atoms with Crippen LogP contribution in [-0.4, -0.2) is 33.9 Å². The van der Waals surface area contributed by atoms with Gasteiger partial charge in [0.15, 0.2) is 5.13 Å². The summed E-state index contributed by atoms with van der Waals surface area (Å²) in [5.74, 6) is -0.944. The van der Waals surface area contributed by atoms with Gasteiger partial charge in [-0.2, -0.15) is 0 Å². The van der Waals surface area contributed by atoms with Gasteiger partial charge in [0.1, 0.15) is 17.0 Å². The molecular weight excluding hydrogens is 469 g/mol. The Bertz CT molecular complexity index is 1390. The predicted octanol–water partition coefficient (Wildman–Crippen LogP) is 5.58. The quantitative estimate of drug-likeness (QED) is 0.258. The second kappa shape index (κ2) is 9.75. The molecule has 0 unspecified atom stereocenters. The molecule has 0 bridgehead atoms. The van der Waals surface area contributed by atoms with Crippen molar-refractivity contribution in [3.05, 3.63) is 88.0 Å². The van der Waals surface area contributed by atoms with E-state index in [0.717, 1.165) is 32.4 Å². The molecule has 1 fully saturated rings. The Hall–Kier alpha value is -3.92. The number of rotatable bonds is 6. The first-order valence-corrected chi connectivity index (χ1v) is 12.1. The van der Waals surface area contributed by atoms with Crippen molar-refractivity contribution in [3.8, 4) is 0 Å². The van der Waals surface area contributed by atoms with Crippen LogP contribution in [0.5, 0.6) is 0 Å². The summed E-state index contributed by atoms with van der Waals surface area (Å²) in [6.07, 6.45) is 4.67. The number of thiazole rings is 1. The molecule has 2 aromatic carbocycles. The lowest BCUT2D eigenvalue weighted by atomic mass is 10.1. The monoisotopic (exact) mass is 491 g/mol. The van der Waals surface area contributed by atoms with Gasteiger partial charge in [-0.15, -0.1) is 0 Å². The van der Waals surface area contributed by atoms with Gasteiger partial charge in [-0.3, -0.25) is 24.8 Å². The molecule has 1 saturated heterocycles. The van der Waals surface area contributed by atoms with Crippen LogP contribution in [0.1, 0.15) is 35.3 Å². The first-order chi connectivity index (χ1) is 17.0. The molecule has 5 rings (SSSR count). The van der Waals surface area contributed by atoms with E-state index in [9.17, 15) is 19.3 Å². The number of anilines is 2. The Balaban J connectivity index is 1.55. The SMILES string of the molecule is O=C(c1ccc(N2CCCCC2)c([N+](=O)[O-])c1)N(Cc1ccccn1)c1nc2c(F)cccc2s1. The van der Waals surface area contributed by atoms with Crippen molar-refractivity contribution in [1.29, 1.82) is 0 Å². The summed E-state index contributed by atoms with van der Waals surface area (Å²) in [7, 11) is 0. The summed E-state index contributed by atoms with van der Waals surface area (Å²) in [5.41, 5.74) is 1.36. The summed E-state index contributed by atoms with van der Waals surface area (Å²) >= 11 is 1.18. The van der Waals surface area contributed by atoms with Gasteiger partial charge in [-0.25, -0.2) is 9.37 Å². The fourth-order valence-corrected chi connectivity index (χ4v) is 5.24. The van der Waals surface area contributed by atoms with E-state index < -0.39 is 16.6 Å². The first kappa shape index (κ1) is 22.9. The number of nitrogens with zero attached hydrogens (tertiary/aromatic N) is 5. The lowest BCUT2D eigenvalue weighted by Crippen LogP contribution is -2.32. The number of carbonyl (C=O) groups excluding carboxylic acids is 1. The molecule has 0 saturated carbocycles. The third kappa shape index (κ3) is 4.69. The number of hydrogen-bond acceptors (Lipinski definition) is 7. The third-order valence-corrected chi connectivity index (χ3v) is 7.04. The van der Waals surface area contributed by atoms with Crippen LogP contribution in [0.25, 0.3) is 10.2 Å². The molecule has 3 heterocycles. The highest BCUT2D eigenvalue weighted by molar-refractivity contribution is 7.22. The highest BCUT2D eigenvalue weighted by Gasteiger charge is 2.27. The first-order valence-electron chi connectivity index (χ1n) is 11.3. The predicted molar refractivity (Wildman–Crippen MR) is 133 cm³/mol. The summed E-state index contributed by atoms with van der Waals surface area (Å²) in [6, 6.07) is 14.6. The van der Waals surface area contributed by atoms with Crippen LogP contribution in [0.15, 0.2) is 60.8 Å². The molecule has 0 atom stereocenters. The Morgan fingerprint density at radius 1 is 1.11 bits per heavy atom. The fourth-order valence-electron chi connectivity index (χ4n) is 4.26. The number of fused-ring (bicyclic) bond motifs is 1. The van der Waals surface area contributed by atoms with Crippen molar-refractivity contribution >= 4 is 44.0 Å². The van der Waals surface area contributed by atoms with E-state index in [-0.39, 0.29) is 23.3 Å². The van der Waals surface area contributed by atoms with Gasteiger partial charge in [-0.1, -0.05) is 23.5 Å². The second-order valence-electron chi connectivity index (χ2n) is 8.30. The van der Waals surface area contributed by atoms with E-state index in [1.807, 2.05) is 4.90 Å². The van der Waals surface area contributed by atoms with E-state index in [2.05, 4.69) is 9.97 Å². The van der Waals surface area contributed by atoms with Gasteiger partial charge in [0.25, 0.3) is 11.6 Å². The van der Waals surface area contributed by atoms with Crippen molar-refractivity contribution in [2.75, 3.05) is 22.9 Å². The molecule has 8 nitrogen and oxygen atoms in total. The van der Waals surface area contributed by atoms with Crippen LogP contribution in [-0.2, 0) is 6.54 Å². The van der Waals surface area contributed by atoms with Gasteiger partial charge < -0.3 is 4.90 Å². The molecule has 4 aromatic rings. The molecule has 1 aliphatic heterocycles. The highest BCUT2D eigenvalue weighted by atomic mass is 32.1. The maximum atomic E-state index is 14.3. The second-order valence-corrected chi connectivity index (χ2v) is 9.31. The molecule has 0 N–H and O–H groups in total. The standard InChI is InChI=1S/C25H22FN5O3S/c26-19-8-6-9-22-23(19)28-25(35-22)30(16-18-7-2-3-12-27-18)24(32)17-10-11-20(21(15-17)31(33)34)29-13-4-1-5-14-29/h2-3,6-12,15H,1,4-5,13-14,16H2. The Kier molecular flexibility index (Phi) is 6.37. The zero-order chi connectivity index (χ0) is 24.4.